The van der Waals surface area contributed by atoms with Gasteiger partial charge in [-0.1, -0.05) is 6.07 Å². The number of amidine groups is 1. The van der Waals surface area contributed by atoms with Crippen molar-refractivity contribution in [2.45, 2.75) is 0 Å². The fourth-order valence-electron chi connectivity index (χ4n) is 1.60. The molecule has 0 atom stereocenters. The highest BCUT2D eigenvalue weighted by molar-refractivity contribution is 8.18. The molecule has 0 radical (unpaired) electrons. The molecule has 3 N–H and O–H groups in total. The Labute approximate surface area is 139 Å². The molecule has 1 saturated heterocycles. The Morgan fingerprint density at radius 1 is 1.38 bits per heavy atom. The zero-order valence-corrected chi connectivity index (χ0v) is 13.0. The second-order valence-corrected chi connectivity index (χ2v) is 5.35. The standard InChI is InChI=1S/C14H11N3O6S/c1-23-11(19)5-10-12(20)16-14(24-10)17-15-6-7-2-3-8(13(21)22)9(18)4-7/h2-6,18H,1H3,(H,21,22)(H,16,17,20)/b10-5+,15-6?. The maximum absolute atomic E-state index is 11.6. The van der Waals surface area contributed by atoms with Crippen LogP contribution in [0.2, 0.25) is 0 Å². The van der Waals surface area contributed by atoms with Gasteiger partial charge in [0.15, 0.2) is 5.17 Å². The molecule has 24 heavy (non-hydrogen) atoms. The van der Waals surface area contributed by atoms with Crippen LogP contribution in [0.25, 0.3) is 0 Å². The van der Waals surface area contributed by atoms with Crippen molar-refractivity contribution in [2.75, 3.05) is 7.11 Å². The van der Waals surface area contributed by atoms with Crippen molar-refractivity contribution in [1.29, 1.82) is 0 Å². The van der Waals surface area contributed by atoms with E-state index in [1.54, 1.807) is 0 Å². The van der Waals surface area contributed by atoms with Crippen molar-refractivity contribution < 1.29 is 29.3 Å². The van der Waals surface area contributed by atoms with Gasteiger partial charge in [0, 0.05) is 6.08 Å². The predicted octanol–water partition coefficient (Wildman–Crippen LogP) is 0.700. The van der Waals surface area contributed by atoms with Crippen molar-refractivity contribution >= 4 is 41.0 Å². The number of esters is 1. The second-order valence-electron chi connectivity index (χ2n) is 4.32. The molecule has 9 nitrogen and oxygen atoms in total. The Bertz CT molecular complexity index is 800. The highest BCUT2D eigenvalue weighted by Crippen LogP contribution is 2.23. The number of nitrogens with zero attached hydrogens (tertiary/aromatic N) is 2. The van der Waals surface area contributed by atoms with E-state index in [-0.39, 0.29) is 15.6 Å². The van der Waals surface area contributed by atoms with E-state index in [9.17, 15) is 19.5 Å². The number of thioether (sulfide) groups is 1. The smallest absolute Gasteiger partial charge is 0.339 e. The van der Waals surface area contributed by atoms with Crippen molar-refractivity contribution in [1.82, 2.24) is 5.32 Å². The minimum Gasteiger partial charge on any atom is -0.507 e. The van der Waals surface area contributed by atoms with Crippen LogP contribution in [-0.4, -0.2) is 46.6 Å². The zero-order chi connectivity index (χ0) is 17.7. The summed E-state index contributed by atoms with van der Waals surface area (Å²) in [7, 11) is 1.20. The molecule has 1 aliphatic heterocycles. The van der Waals surface area contributed by atoms with Gasteiger partial charge in [0.1, 0.15) is 11.3 Å². The van der Waals surface area contributed by atoms with E-state index >= 15 is 0 Å². The van der Waals surface area contributed by atoms with E-state index in [1.165, 1.54) is 31.5 Å². The number of phenols is 1. The van der Waals surface area contributed by atoms with Gasteiger partial charge in [-0.3, -0.25) is 10.1 Å². The van der Waals surface area contributed by atoms with Crippen LogP contribution in [0.1, 0.15) is 15.9 Å². The van der Waals surface area contributed by atoms with E-state index in [2.05, 4.69) is 20.3 Å². The van der Waals surface area contributed by atoms with Gasteiger partial charge in [-0.2, -0.15) is 5.10 Å². The first-order valence-corrected chi connectivity index (χ1v) is 7.18. The van der Waals surface area contributed by atoms with Crippen LogP contribution in [-0.2, 0) is 14.3 Å². The van der Waals surface area contributed by atoms with Gasteiger partial charge in [-0.05, 0) is 29.5 Å². The molecule has 0 spiro atoms. The zero-order valence-electron chi connectivity index (χ0n) is 12.2. The molecule has 1 aliphatic rings. The maximum Gasteiger partial charge on any atom is 0.339 e. The maximum atomic E-state index is 11.6. The molecule has 2 rings (SSSR count). The first-order valence-electron chi connectivity index (χ1n) is 6.37. The molecule has 1 fully saturated rings. The number of rotatable bonds is 4. The molecule has 1 aromatic rings. The van der Waals surface area contributed by atoms with Crippen molar-refractivity contribution in [3.8, 4) is 5.75 Å². The number of ether oxygens (including phenoxy) is 1. The van der Waals surface area contributed by atoms with Crippen LogP contribution in [0.4, 0.5) is 0 Å². The van der Waals surface area contributed by atoms with E-state index in [0.29, 0.717) is 5.56 Å². The van der Waals surface area contributed by atoms with Crippen LogP contribution in [0.15, 0.2) is 39.4 Å². The minimum absolute atomic E-state index is 0.124. The summed E-state index contributed by atoms with van der Waals surface area (Å²) in [6.07, 6.45) is 2.31. The largest absolute Gasteiger partial charge is 0.507 e. The number of carbonyl (C=O) groups is 3. The SMILES string of the molecule is COC(=O)/C=C1/S/C(=N\N=Cc2ccc(C(=O)O)c(O)c2)NC1=O. The first kappa shape index (κ1) is 17.2. The number of amides is 1. The number of carboxylic acid groups (broad SMARTS) is 1. The van der Waals surface area contributed by atoms with Crippen molar-refractivity contribution in [3.63, 3.8) is 0 Å². The van der Waals surface area contributed by atoms with E-state index in [4.69, 9.17) is 5.11 Å². The summed E-state index contributed by atoms with van der Waals surface area (Å²) in [5.41, 5.74) is 0.191. The number of methoxy groups -OCH3 is 1. The Balaban J connectivity index is 2.09. The number of nitrogens with one attached hydrogen (secondary N) is 1. The molecular weight excluding hydrogens is 338 g/mol. The summed E-state index contributed by atoms with van der Waals surface area (Å²) in [4.78, 5) is 33.6. The van der Waals surface area contributed by atoms with Crippen LogP contribution in [0, 0.1) is 0 Å². The summed E-state index contributed by atoms with van der Waals surface area (Å²) < 4.78 is 4.43. The molecule has 0 unspecified atom stereocenters. The summed E-state index contributed by atoms with van der Waals surface area (Å²) in [6, 6.07) is 3.89. The average Bonchev–Trinajstić information content (AvgIpc) is 2.86. The predicted molar refractivity (Wildman–Crippen MR) is 85.9 cm³/mol. The van der Waals surface area contributed by atoms with E-state index in [0.717, 1.165) is 17.8 Å². The summed E-state index contributed by atoms with van der Waals surface area (Å²) in [6.45, 7) is 0. The molecule has 1 heterocycles. The van der Waals surface area contributed by atoms with Gasteiger partial charge in [-0.15, -0.1) is 5.10 Å². The number of benzene rings is 1. The Hall–Kier alpha value is -3.14. The number of carboxylic acids is 1. The normalized spacial score (nSPS) is 17.5. The van der Waals surface area contributed by atoms with Crippen LogP contribution in [0.5, 0.6) is 5.75 Å². The number of aromatic hydroxyl groups is 1. The lowest BCUT2D eigenvalue weighted by Gasteiger charge is -1.99. The van der Waals surface area contributed by atoms with Crippen LogP contribution >= 0.6 is 11.8 Å². The molecule has 1 aromatic carbocycles. The summed E-state index contributed by atoms with van der Waals surface area (Å²) in [5, 5.41) is 28.4. The highest BCUT2D eigenvalue weighted by atomic mass is 32.2. The molecule has 10 heteroatoms. The average molecular weight is 349 g/mol. The lowest BCUT2D eigenvalue weighted by molar-refractivity contribution is -0.135. The van der Waals surface area contributed by atoms with Crippen LogP contribution in [0.3, 0.4) is 0 Å². The summed E-state index contributed by atoms with van der Waals surface area (Å²) in [5.74, 6) is -2.80. The number of carbonyl (C=O) groups excluding carboxylic acids is 2. The molecule has 0 aliphatic carbocycles. The minimum atomic E-state index is -1.24. The number of aromatic carboxylic acids is 1. The lowest BCUT2D eigenvalue weighted by atomic mass is 10.1. The summed E-state index contributed by atoms with van der Waals surface area (Å²) >= 11 is 0.916. The van der Waals surface area contributed by atoms with Gasteiger partial charge in [0.05, 0.1) is 18.2 Å². The van der Waals surface area contributed by atoms with Gasteiger partial charge >= 0.3 is 11.9 Å². The fraction of sp³-hybridized carbons (Fsp3) is 0.0714. The lowest BCUT2D eigenvalue weighted by Crippen LogP contribution is -2.19. The number of hydrogen-bond acceptors (Lipinski definition) is 8. The van der Waals surface area contributed by atoms with E-state index < -0.39 is 23.6 Å². The molecule has 0 bridgehead atoms. The Kier molecular flexibility index (Phi) is 5.32. The number of hydrogen-bond donors (Lipinski definition) is 3. The first-order chi connectivity index (χ1) is 11.4. The van der Waals surface area contributed by atoms with Crippen LogP contribution < -0.4 is 5.32 Å². The monoisotopic (exact) mass is 349 g/mol. The third kappa shape index (κ3) is 4.20. The fourth-order valence-corrected chi connectivity index (χ4v) is 2.34. The third-order valence-electron chi connectivity index (χ3n) is 2.71. The van der Waals surface area contributed by atoms with Gasteiger partial charge in [-0.25, -0.2) is 9.59 Å². The van der Waals surface area contributed by atoms with E-state index in [1.807, 2.05) is 0 Å². The second kappa shape index (κ2) is 7.42. The van der Waals surface area contributed by atoms with Gasteiger partial charge in [0.25, 0.3) is 5.91 Å². The quantitative estimate of drug-likeness (QED) is 0.315. The molecule has 124 valence electrons. The van der Waals surface area contributed by atoms with Crippen molar-refractivity contribution in [2.24, 2.45) is 10.2 Å². The van der Waals surface area contributed by atoms with Crippen molar-refractivity contribution in [3.05, 3.63) is 40.3 Å². The Morgan fingerprint density at radius 2 is 2.12 bits per heavy atom. The topological polar surface area (TPSA) is 138 Å². The van der Waals surface area contributed by atoms with Gasteiger partial charge < -0.3 is 14.9 Å². The molecule has 0 aromatic heterocycles. The third-order valence-corrected chi connectivity index (χ3v) is 3.61. The molecule has 0 saturated carbocycles. The Morgan fingerprint density at radius 3 is 2.75 bits per heavy atom. The molecule has 1 amide bonds. The molecular formula is C14H11N3O6S. The highest BCUT2D eigenvalue weighted by Gasteiger charge is 2.24. The van der Waals surface area contributed by atoms with Gasteiger partial charge in [0.2, 0.25) is 0 Å².